The predicted molar refractivity (Wildman–Crippen MR) is 106 cm³/mol. The number of pyridine rings is 1. The minimum absolute atomic E-state index is 0.0260. The van der Waals surface area contributed by atoms with Gasteiger partial charge in [0.05, 0.1) is 17.1 Å². The molecule has 3 aromatic rings. The summed E-state index contributed by atoms with van der Waals surface area (Å²) >= 11 is 0. The van der Waals surface area contributed by atoms with Crippen LogP contribution in [0.4, 0.5) is 5.69 Å². The van der Waals surface area contributed by atoms with Crippen molar-refractivity contribution in [1.29, 1.82) is 0 Å². The number of aromatic nitrogens is 1. The third kappa shape index (κ3) is 3.28. The molecule has 5 nitrogen and oxygen atoms in total. The van der Waals surface area contributed by atoms with Gasteiger partial charge in [-0.15, -0.1) is 0 Å². The molecule has 1 fully saturated rings. The van der Waals surface area contributed by atoms with Crippen molar-refractivity contribution in [3.05, 3.63) is 71.4 Å². The first-order chi connectivity index (χ1) is 13.0. The Morgan fingerprint density at radius 3 is 2.67 bits per heavy atom. The maximum Gasteiger partial charge on any atom is 0.252 e. The van der Waals surface area contributed by atoms with Gasteiger partial charge in [0.25, 0.3) is 5.91 Å². The number of benzene rings is 2. The number of hydrogen-bond acceptors (Lipinski definition) is 3. The molecule has 0 bridgehead atoms. The van der Waals surface area contributed by atoms with Crippen LogP contribution >= 0.6 is 0 Å². The molecule has 1 N–H and O–H groups in total. The molecule has 4 rings (SSSR count). The van der Waals surface area contributed by atoms with E-state index in [9.17, 15) is 9.59 Å². The number of rotatable bonds is 3. The molecule has 2 amide bonds. The quantitative estimate of drug-likeness (QED) is 0.780. The fraction of sp³-hybridized carbons (Fsp3) is 0.227. The third-order valence-corrected chi connectivity index (χ3v) is 4.94. The molecule has 5 heteroatoms. The Morgan fingerprint density at radius 1 is 1.11 bits per heavy atom. The van der Waals surface area contributed by atoms with Crippen molar-refractivity contribution in [1.82, 2.24) is 10.3 Å². The molecule has 0 unspecified atom stereocenters. The number of amides is 2. The van der Waals surface area contributed by atoms with Gasteiger partial charge in [-0.05, 0) is 37.6 Å². The van der Waals surface area contributed by atoms with Gasteiger partial charge in [0.2, 0.25) is 5.91 Å². The minimum atomic E-state index is -0.210. The maximum atomic E-state index is 13.0. The molecule has 1 atom stereocenters. The van der Waals surface area contributed by atoms with Gasteiger partial charge in [0.15, 0.2) is 0 Å². The highest BCUT2D eigenvalue weighted by molar-refractivity contribution is 6.07. The van der Waals surface area contributed by atoms with Gasteiger partial charge in [-0.2, -0.15) is 0 Å². The van der Waals surface area contributed by atoms with Crippen LogP contribution in [-0.2, 0) is 4.79 Å². The van der Waals surface area contributed by atoms with E-state index in [-0.39, 0.29) is 17.9 Å². The topological polar surface area (TPSA) is 62.3 Å². The molecule has 0 aliphatic carbocycles. The number of carbonyl (C=O) groups is 2. The molecule has 0 radical (unpaired) electrons. The Balaban J connectivity index is 1.58. The summed E-state index contributed by atoms with van der Waals surface area (Å²) in [5, 5.41) is 3.87. The van der Waals surface area contributed by atoms with Crippen molar-refractivity contribution >= 4 is 28.4 Å². The smallest absolute Gasteiger partial charge is 0.252 e. The van der Waals surface area contributed by atoms with E-state index in [1.807, 2.05) is 68.4 Å². The SMILES string of the molecule is Cc1cc(C(=O)N[C@@H]2CC(=O)N(c3ccccc3)C2)c2cccc(C)c2n1. The van der Waals surface area contributed by atoms with Gasteiger partial charge in [-0.25, -0.2) is 0 Å². The van der Waals surface area contributed by atoms with E-state index in [0.717, 1.165) is 27.8 Å². The van der Waals surface area contributed by atoms with Crippen molar-refractivity contribution in [2.24, 2.45) is 0 Å². The summed E-state index contributed by atoms with van der Waals surface area (Å²) in [5.74, 6) is -0.137. The average molecular weight is 359 g/mol. The lowest BCUT2D eigenvalue weighted by Crippen LogP contribution is -2.37. The van der Waals surface area contributed by atoms with Crippen molar-refractivity contribution < 1.29 is 9.59 Å². The van der Waals surface area contributed by atoms with E-state index in [4.69, 9.17) is 0 Å². The number of anilines is 1. The van der Waals surface area contributed by atoms with E-state index in [1.165, 1.54) is 0 Å². The standard InChI is InChI=1S/C22H21N3O2/c1-14-7-6-10-18-19(11-15(2)23-21(14)18)22(27)24-16-12-20(26)25(13-16)17-8-4-3-5-9-17/h3-11,16H,12-13H2,1-2H3,(H,24,27)/t16-/m1/s1. The van der Waals surface area contributed by atoms with E-state index in [1.54, 1.807) is 4.90 Å². The fourth-order valence-corrected chi connectivity index (χ4v) is 3.63. The molecule has 27 heavy (non-hydrogen) atoms. The van der Waals surface area contributed by atoms with Gasteiger partial charge in [0, 0.05) is 29.7 Å². The lowest BCUT2D eigenvalue weighted by atomic mass is 10.0. The number of nitrogens with zero attached hydrogens (tertiary/aromatic N) is 2. The highest BCUT2D eigenvalue weighted by atomic mass is 16.2. The van der Waals surface area contributed by atoms with Crippen LogP contribution in [0, 0.1) is 13.8 Å². The second-order valence-electron chi connectivity index (χ2n) is 7.00. The molecule has 1 aromatic heterocycles. The summed E-state index contributed by atoms with van der Waals surface area (Å²) < 4.78 is 0. The first-order valence-corrected chi connectivity index (χ1v) is 9.06. The number of nitrogens with one attached hydrogen (secondary N) is 1. The van der Waals surface area contributed by atoms with Crippen LogP contribution in [-0.4, -0.2) is 29.4 Å². The average Bonchev–Trinajstić information content (AvgIpc) is 3.02. The van der Waals surface area contributed by atoms with Crippen molar-refractivity contribution in [2.45, 2.75) is 26.3 Å². The van der Waals surface area contributed by atoms with Crippen LogP contribution < -0.4 is 10.2 Å². The minimum Gasteiger partial charge on any atom is -0.347 e. The Hall–Kier alpha value is -3.21. The maximum absolute atomic E-state index is 13.0. The molecule has 1 aliphatic rings. The van der Waals surface area contributed by atoms with Gasteiger partial charge < -0.3 is 10.2 Å². The third-order valence-electron chi connectivity index (χ3n) is 4.94. The number of carbonyl (C=O) groups excluding carboxylic acids is 2. The Kier molecular flexibility index (Phi) is 4.36. The molecule has 0 saturated carbocycles. The summed E-state index contributed by atoms with van der Waals surface area (Å²) in [5.41, 5.74) is 4.15. The van der Waals surface area contributed by atoms with Crippen LogP contribution in [0.15, 0.2) is 54.6 Å². The number of hydrogen-bond donors (Lipinski definition) is 1. The fourth-order valence-electron chi connectivity index (χ4n) is 3.63. The van der Waals surface area contributed by atoms with E-state index in [2.05, 4.69) is 10.3 Å². The normalized spacial score (nSPS) is 16.7. The van der Waals surface area contributed by atoms with Crippen LogP contribution in [0.3, 0.4) is 0 Å². The molecule has 2 heterocycles. The first kappa shape index (κ1) is 17.2. The van der Waals surface area contributed by atoms with Gasteiger partial charge >= 0.3 is 0 Å². The second kappa shape index (κ2) is 6.83. The molecular formula is C22H21N3O2. The zero-order valence-corrected chi connectivity index (χ0v) is 15.4. The lowest BCUT2D eigenvalue weighted by Gasteiger charge is -2.17. The highest BCUT2D eigenvalue weighted by Gasteiger charge is 2.32. The Labute approximate surface area is 158 Å². The summed E-state index contributed by atoms with van der Waals surface area (Å²) in [6.45, 7) is 4.36. The zero-order valence-electron chi connectivity index (χ0n) is 15.4. The molecule has 0 spiro atoms. The molecular weight excluding hydrogens is 338 g/mol. The van der Waals surface area contributed by atoms with Crippen LogP contribution in [0.5, 0.6) is 0 Å². The van der Waals surface area contributed by atoms with Gasteiger partial charge in [-0.3, -0.25) is 14.6 Å². The zero-order chi connectivity index (χ0) is 19.0. The van der Waals surface area contributed by atoms with E-state index in [0.29, 0.717) is 18.5 Å². The largest absolute Gasteiger partial charge is 0.347 e. The summed E-state index contributed by atoms with van der Waals surface area (Å²) in [4.78, 5) is 31.6. The lowest BCUT2D eigenvalue weighted by molar-refractivity contribution is -0.117. The van der Waals surface area contributed by atoms with E-state index >= 15 is 0 Å². The van der Waals surface area contributed by atoms with Crippen molar-refractivity contribution in [2.75, 3.05) is 11.4 Å². The summed E-state index contributed by atoms with van der Waals surface area (Å²) in [6.07, 6.45) is 0.307. The second-order valence-corrected chi connectivity index (χ2v) is 7.00. The van der Waals surface area contributed by atoms with Crippen LogP contribution in [0.25, 0.3) is 10.9 Å². The van der Waals surface area contributed by atoms with E-state index < -0.39 is 0 Å². The predicted octanol–water partition coefficient (Wildman–Crippen LogP) is 3.39. The Bertz CT molecular complexity index is 1030. The monoisotopic (exact) mass is 359 g/mol. The van der Waals surface area contributed by atoms with Crippen molar-refractivity contribution in [3.63, 3.8) is 0 Å². The summed E-state index contributed by atoms with van der Waals surface area (Å²) in [6, 6.07) is 17.0. The first-order valence-electron chi connectivity index (χ1n) is 9.06. The Morgan fingerprint density at radius 2 is 1.89 bits per heavy atom. The number of para-hydroxylation sites is 2. The number of aryl methyl sites for hydroxylation is 2. The molecule has 2 aromatic carbocycles. The number of fused-ring (bicyclic) bond motifs is 1. The van der Waals surface area contributed by atoms with Crippen molar-refractivity contribution in [3.8, 4) is 0 Å². The molecule has 136 valence electrons. The summed E-state index contributed by atoms with van der Waals surface area (Å²) in [7, 11) is 0. The van der Waals surface area contributed by atoms with Crippen LogP contribution in [0.1, 0.15) is 28.0 Å². The van der Waals surface area contributed by atoms with Crippen LogP contribution in [0.2, 0.25) is 0 Å². The highest BCUT2D eigenvalue weighted by Crippen LogP contribution is 2.24. The van der Waals surface area contributed by atoms with Gasteiger partial charge in [-0.1, -0.05) is 36.4 Å². The van der Waals surface area contributed by atoms with Gasteiger partial charge in [0.1, 0.15) is 0 Å². The molecule has 1 aliphatic heterocycles. The molecule has 1 saturated heterocycles.